The molecule has 2 nitrogen and oxygen atoms in total. The smallest absolute Gasteiger partial charge is 0.110 e. The second-order valence-corrected chi connectivity index (χ2v) is 3.25. The fourth-order valence-electron chi connectivity index (χ4n) is 1.26. The van der Waals surface area contributed by atoms with Gasteiger partial charge in [0.05, 0.1) is 6.61 Å². The maximum atomic E-state index is 9.73. The highest BCUT2D eigenvalue weighted by atomic mass is 16.3. The molecule has 0 aliphatic heterocycles. The molecule has 0 amide bonds. The molecule has 66 valence electrons. The molecular formula is C10H14O2. The maximum Gasteiger partial charge on any atom is 0.110 e. The van der Waals surface area contributed by atoms with Gasteiger partial charge < -0.3 is 10.2 Å². The fraction of sp³-hybridized carbons (Fsp3) is 0.400. The van der Waals surface area contributed by atoms with E-state index in [-0.39, 0.29) is 6.61 Å². The number of aliphatic hydroxyl groups excluding tert-OH is 1. The Labute approximate surface area is 72.5 Å². The summed E-state index contributed by atoms with van der Waals surface area (Å²) in [7, 11) is 0. The summed E-state index contributed by atoms with van der Waals surface area (Å²) in [6, 6.07) is 7.50. The topological polar surface area (TPSA) is 40.5 Å². The third-order valence-corrected chi connectivity index (χ3v) is 2.03. The van der Waals surface area contributed by atoms with E-state index in [0.717, 1.165) is 11.1 Å². The van der Waals surface area contributed by atoms with Gasteiger partial charge in [0, 0.05) is 0 Å². The van der Waals surface area contributed by atoms with E-state index in [1.807, 2.05) is 31.2 Å². The van der Waals surface area contributed by atoms with Crippen LogP contribution in [0.25, 0.3) is 0 Å². The molecule has 0 aliphatic rings. The van der Waals surface area contributed by atoms with Crippen LogP contribution in [0, 0.1) is 6.92 Å². The lowest BCUT2D eigenvalue weighted by Crippen LogP contribution is -2.26. The second kappa shape index (κ2) is 3.25. The highest BCUT2D eigenvalue weighted by molar-refractivity contribution is 5.30. The van der Waals surface area contributed by atoms with Crippen molar-refractivity contribution >= 4 is 0 Å². The Morgan fingerprint density at radius 1 is 1.33 bits per heavy atom. The summed E-state index contributed by atoms with van der Waals surface area (Å²) in [6.45, 7) is 3.27. The quantitative estimate of drug-likeness (QED) is 0.693. The van der Waals surface area contributed by atoms with Gasteiger partial charge in [0.1, 0.15) is 5.60 Å². The monoisotopic (exact) mass is 166 g/mol. The molecule has 0 aliphatic carbocycles. The second-order valence-electron chi connectivity index (χ2n) is 3.25. The minimum Gasteiger partial charge on any atom is -0.393 e. The van der Waals surface area contributed by atoms with Gasteiger partial charge in [0.2, 0.25) is 0 Å². The third kappa shape index (κ3) is 1.65. The van der Waals surface area contributed by atoms with Gasteiger partial charge in [0.25, 0.3) is 0 Å². The molecule has 0 heterocycles. The summed E-state index contributed by atoms with van der Waals surface area (Å²) in [6.07, 6.45) is 0. The minimum absolute atomic E-state index is 0.252. The Hall–Kier alpha value is -0.860. The van der Waals surface area contributed by atoms with Gasteiger partial charge in [-0.1, -0.05) is 24.3 Å². The Kier molecular flexibility index (Phi) is 2.50. The van der Waals surface area contributed by atoms with Gasteiger partial charge in [-0.05, 0) is 25.0 Å². The van der Waals surface area contributed by atoms with E-state index in [0.29, 0.717) is 0 Å². The van der Waals surface area contributed by atoms with Crippen LogP contribution in [0.4, 0.5) is 0 Å². The van der Waals surface area contributed by atoms with E-state index in [2.05, 4.69) is 0 Å². The van der Waals surface area contributed by atoms with E-state index in [1.54, 1.807) is 6.92 Å². The van der Waals surface area contributed by atoms with E-state index in [1.165, 1.54) is 0 Å². The first-order valence-electron chi connectivity index (χ1n) is 3.97. The minimum atomic E-state index is -1.12. The van der Waals surface area contributed by atoms with E-state index >= 15 is 0 Å². The van der Waals surface area contributed by atoms with Crippen LogP contribution >= 0.6 is 0 Å². The predicted octanol–water partition coefficient (Wildman–Crippen LogP) is 1.19. The van der Waals surface area contributed by atoms with Gasteiger partial charge in [-0.3, -0.25) is 0 Å². The van der Waals surface area contributed by atoms with Crippen molar-refractivity contribution in [2.75, 3.05) is 6.61 Å². The molecule has 1 atom stereocenters. The first-order chi connectivity index (χ1) is 5.58. The van der Waals surface area contributed by atoms with Crippen LogP contribution in [0.3, 0.4) is 0 Å². The largest absolute Gasteiger partial charge is 0.393 e. The van der Waals surface area contributed by atoms with Crippen molar-refractivity contribution in [3.05, 3.63) is 35.4 Å². The average molecular weight is 166 g/mol. The van der Waals surface area contributed by atoms with Crippen molar-refractivity contribution in [1.82, 2.24) is 0 Å². The summed E-state index contributed by atoms with van der Waals surface area (Å²) in [5.41, 5.74) is 0.662. The molecule has 12 heavy (non-hydrogen) atoms. The molecule has 0 saturated carbocycles. The van der Waals surface area contributed by atoms with Crippen LogP contribution < -0.4 is 0 Å². The number of rotatable bonds is 2. The number of aliphatic hydroxyl groups is 2. The summed E-state index contributed by atoms with van der Waals surface area (Å²) >= 11 is 0. The molecule has 1 aromatic rings. The molecule has 0 spiro atoms. The van der Waals surface area contributed by atoms with Crippen LogP contribution in [0.1, 0.15) is 18.1 Å². The van der Waals surface area contributed by atoms with Crippen LogP contribution in [0.15, 0.2) is 24.3 Å². The van der Waals surface area contributed by atoms with Gasteiger partial charge in [-0.15, -0.1) is 0 Å². The van der Waals surface area contributed by atoms with Crippen molar-refractivity contribution in [3.8, 4) is 0 Å². The molecule has 0 saturated heterocycles. The Morgan fingerprint density at radius 3 is 2.42 bits per heavy atom. The zero-order valence-corrected chi connectivity index (χ0v) is 7.41. The molecule has 0 radical (unpaired) electrons. The number of aryl methyl sites for hydroxylation is 1. The molecule has 1 rings (SSSR count). The van der Waals surface area contributed by atoms with Gasteiger partial charge >= 0.3 is 0 Å². The zero-order valence-electron chi connectivity index (χ0n) is 7.41. The van der Waals surface area contributed by atoms with Crippen molar-refractivity contribution < 1.29 is 10.2 Å². The van der Waals surface area contributed by atoms with E-state index in [9.17, 15) is 5.11 Å². The SMILES string of the molecule is Cc1ccccc1C(C)(O)CO. The highest BCUT2D eigenvalue weighted by Gasteiger charge is 2.22. The number of hydrogen-bond donors (Lipinski definition) is 2. The van der Waals surface area contributed by atoms with Crippen molar-refractivity contribution in [2.24, 2.45) is 0 Å². The zero-order chi connectivity index (χ0) is 9.19. The normalized spacial score (nSPS) is 15.7. The molecule has 2 heteroatoms. The predicted molar refractivity (Wildman–Crippen MR) is 47.8 cm³/mol. The maximum absolute atomic E-state index is 9.73. The molecule has 0 fully saturated rings. The molecule has 1 aromatic carbocycles. The molecule has 0 bridgehead atoms. The van der Waals surface area contributed by atoms with Crippen LogP contribution in [-0.2, 0) is 5.60 Å². The summed E-state index contributed by atoms with van der Waals surface area (Å²) in [4.78, 5) is 0. The first-order valence-corrected chi connectivity index (χ1v) is 3.97. The van der Waals surface area contributed by atoms with Gasteiger partial charge in [0.15, 0.2) is 0 Å². The molecule has 0 aromatic heterocycles. The summed E-state index contributed by atoms with van der Waals surface area (Å²) in [5, 5.41) is 18.6. The van der Waals surface area contributed by atoms with Crippen molar-refractivity contribution in [2.45, 2.75) is 19.4 Å². The van der Waals surface area contributed by atoms with E-state index < -0.39 is 5.60 Å². The number of hydrogen-bond acceptors (Lipinski definition) is 2. The Balaban J connectivity index is 3.10. The molecular weight excluding hydrogens is 152 g/mol. The van der Waals surface area contributed by atoms with E-state index in [4.69, 9.17) is 5.11 Å². The Morgan fingerprint density at radius 2 is 1.92 bits per heavy atom. The highest BCUT2D eigenvalue weighted by Crippen LogP contribution is 2.22. The Bertz CT molecular complexity index is 266. The lowest BCUT2D eigenvalue weighted by molar-refractivity contribution is -0.00277. The lowest BCUT2D eigenvalue weighted by atomic mass is 9.93. The molecule has 2 N–H and O–H groups in total. The summed E-state index contributed by atoms with van der Waals surface area (Å²) in [5.74, 6) is 0. The van der Waals surface area contributed by atoms with Crippen LogP contribution in [0.2, 0.25) is 0 Å². The first kappa shape index (κ1) is 9.23. The van der Waals surface area contributed by atoms with Crippen LogP contribution in [-0.4, -0.2) is 16.8 Å². The summed E-state index contributed by atoms with van der Waals surface area (Å²) < 4.78 is 0. The standard InChI is InChI=1S/C10H14O2/c1-8-5-3-4-6-9(8)10(2,12)7-11/h3-6,11-12H,7H2,1-2H3. The van der Waals surface area contributed by atoms with Crippen LogP contribution in [0.5, 0.6) is 0 Å². The average Bonchev–Trinajstić information content (AvgIpc) is 2.05. The number of benzene rings is 1. The van der Waals surface area contributed by atoms with Gasteiger partial charge in [-0.25, -0.2) is 0 Å². The molecule has 1 unspecified atom stereocenters. The van der Waals surface area contributed by atoms with Gasteiger partial charge in [-0.2, -0.15) is 0 Å². The van der Waals surface area contributed by atoms with Crippen molar-refractivity contribution in [3.63, 3.8) is 0 Å². The van der Waals surface area contributed by atoms with Crippen molar-refractivity contribution in [1.29, 1.82) is 0 Å². The third-order valence-electron chi connectivity index (χ3n) is 2.03. The lowest BCUT2D eigenvalue weighted by Gasteiger charge is -2.22. The fourth-order valence-corrected chi connectivity index (χ4v) is 1.26.